The van der Waals surface area contributed by atoms with Crippen molar-refractivity contribution in [3.63, 3.8) is 0 Å². The van der Waals surface area contributed by atoms with E-state index in [4.69, 9.17) is 11.6 Å². The fourth-order valence-corrected chi connectivity index (χ4v) is 2.52. The Hall–Kier alpha value is -1.10. The van der Waals surface area contributed by atoms with Crippen LogP contribution in [0.5, 0.6) is 0 Å². The standard InChI is InChI=1S/C15H22ClN3O/c1-19-8-6-12(7-9-19)10-17-11-15(20)18-14-4-2-13(16)3-5-14/h2-5,12,17H,6-11H2,1H3,(H,18,20). The first-order valence-corrected chi connectivity index (χ1v) is 7.46. The maximum Gasteiger partial charge on any atom is 0.238 e. The summed E-state index contributed by atoms with van der Waals surface area (Å²) in [6.45, 7) is 3.59. The van der Waals surface area contributed by atoms with Crippen LogP contribution in [0.25, 0.3) is 0 Å². The molecule has 0 spiro atoms. The molecule has 1 aromatic carbocycles. The second kappa shape index (κ2) is 7.62. The fraction of sp³-hybridized carbons (Fsp3) is 0.533. The normalized spacial score (nSPS) is 17.1. The number of carbonyl (C=O) groups excluding carboxylic acids is 1. The van der Waals surface area contributed by atoms with Gasteiger partial charge in [-0.2, -0.15) is 0 Å². The number of nitrogens with zero attached hydrogens (tertiary/aromatic N) is 1. The molecule has 0 atom stereocenters. The first-order chi connectivity index (χ1) is 9.63. The molecule has 20 heavy (non-hydrogen) atoms. The number of carbonyl (C=O) groups is 1. The van der Waals surface area contributed by atoms with Crippen molar-refractivity contribution < 1.29 is 4.79 Å². The molecule has 0 aromatic heterocycles. The van der Waals surface area contributed by atoms with Crippen LogP contribution in [0.4, 0.5) is 5.69 Å². The van der Waals surface area contributed by atoms with Gasteiger partial charge in [0.1, 0.15) is 0 Å². The number of halogens is 1. The molecule has 1 fully saturated rings. The van der Waals surface area contributed by atoms with Crippen molar-refractivity contribution in [3.8, 4) is 0 Å². The van der Waals surface area contributed by atoms with Gasteiger partial charge in [-0.25, -0.2) is 0 Å². The predicted molar refractivity (Wildman–Crippen MR) is 83.2 cm³/mol. The number of rotatable bonds is 5. The molecule has 0 saturated carbocycles. The minimum atomic E-state index is -0.0137. The van der Waals surface area contributed by atoms with Gasteiger partial charge in [0.05, 0.1) is 6.54 Å². The lowest BCUT2D eigenvalue weighted by Crippen LogP contribution is -2.37. The molecular weight excluding hydrogens is 274 g/mol. The highest BCUT2D eigenvalue weighted by Gasteiger charge is 2.16. The Morgan fingerprint density at radius 2 is 1.95 bits per heavy atom. The number of benzene rings is 1. The molecule has 1 aromatic rings. The molecule has 2 rings (SSSR count). The van der Waals surface area contributed by atoms with Crippen LogP contribution in [-0.4, -0.2) is 44.0 Å². The largest absolute Gasteiger partial charge is 0.325 e. The van der Waals surface area contributed by atoms with Crippen LogP contribution in [0.1, 0.15) is 12.8 Å². The summed E-state index contributed by atoms with van der Waals surface area (Å²) in [5, 5.41) is 6.76. The van der Waals surface area contributed by atoms with Crippen LogP contribution in [0.3, 0.4) is 0 Å². The Labute approximate surface area is 125 Å². The number of likely N-dealkylation sites (tertiary alicyclic amines) is 1. The van der Waals surface area contributed by atoms with Crippen molar-refractivity contribution in [2.75, 3.05) is 38.5 Å². The zero-order valence-electron chi connectivity index (χ0n) is 11.9. The summed E-state index contributed by atoms with van der Waals surface area (Å²) in [5.74, 6) is 0.676. The van der Waals surface area contributed by atoms with E-state index < -0.39 is 0 Å². The van der Waals surface area contributed by atoms with Gasteiger partial charge in [0.25, 0.3) is 0 Å². The molecule has 110 valence electrons. The Bertz CT molecular complexity index is 427. The molecule has 0 bridgehead atoms. The lowest BCUT2D eigenvalue weighted by Gasteiger charge is -2.28. The Morgan fingerprint density at radius 1 is 1.30 bits per heavy atom. The Balaban J connectivity index is 1.64. The molecule has 0 aliphatic carbocycles. The summed E-state index contributed by atoms with van der Waals surface area (Å²) in [6.07, 6.45) is 2.42. The first kappa shape index (κ1) is 15.3. The van der Waals surface area contributed by atoms with E-state index in [-0.39, 0.29) is 5.91 Å². The third-order valence-corrected chi connectivity index (χ3v) is 3.94. The van der Waals surface area contributed by atoms with Gasteiger partial charge in [-0.15, -0.1) is 0 Å². The monoisotopic (exact) mass is 295 g/mol. The zero-order chi connectivity index (χ0) is 14.4. The van der Waals surface area contributed by atoms with Crippen LogP contribution < -0.4 is 10.6 Å². The van der Waals surface area contributed by atoms with E-state index in [1.165, 1.54) is 12.8 Å². The maximum atomic E-state index is 11.8. The summed E-state index contributed by atoms with van der Waals surface area (Å²) in [5.41, 5.74) is 0.778. The summed E-state index contributed by atoms with van der Waals surface area (Å²) >= 11 is 5.80. The topological polar surface area (TPSA) is 44.4 Å². The first-order valence-electron chi connectivity index (χ1n) is 7.08. The van der Waals surface area contributed by atoms with E-state index in [9.17, 15) is 4.79 Å². The molecule has 2 N–H and O–H groups in total. The van der Waals surface area contributed by atoms with Crippen molar-refractivity contribution in [3.05, 3.63) is 29.3 Å². The summed E-state index contributed by atoms with van der Waals surface area (Å²) in [7, 11) is 2.16. The number of hydrogen-bond donors (Lipinski definition) is 2. The predicted octanol–water partition coefficient (Wildman–Crippen LogP) is 2.21. The highest BCUT2D eigenvalue weighted by molar-refractivity contribution is 6.30. The third kappa shape index (κ3) is 5.12. The minimum absolute atomic E-state index is 0.0137. The zero-order valence-corrected chi connectivity index (χ0v) is 12.6. The summed E-state index contributed by atoms with van der Waals surface area (Å²) < 4.78 is 0. The van der Waals surface area contributed by atoms with Crippen molar-refractivity contribution in [1.82, 2.24) is 10.2 Å². The molecule has 1 aliphatic heterocycles. The molecule has 0 radical (unpaired) electrons. The van der Waals surface area contributed by atoms with Gasteiger partial charge in [0.2, 0.25) is 5.91 Å². The minimum Gasteiger partial charge on any atom is -0.325 e. The quantitative estimate of drug-likeness (QED) is 0.875. The van der Waals surface area contributed by atoms with E-state index in [0.717, 1.165) is 25.3 Å². The maximum absolute atomic E-state index is 11.8. The molecule has 1 heterocycles. The molecule has 1 amide bonds. The van der Waals surface area contributed by atoms with Gasteiger partial charge < -0.3 is 15.5 Å². The molecule has 1 saturated heterocycles. The van der Waals surface area contributed by atoms with Crippen LogP contribution in [0, 0.1) is 5.92 Å². The van der Waals surface area contributed by atoms with Gasteiger partial charge in [-0.05, 0) is 69.7 Å². The van der Waals surface area contributed by atoms with Crippen molar-refractivity contribution in [2.24, 2.45) is 5.92 Å². The molecule has 5 heteroatoms. The van der Waals surface area contributed by atoms with Crippen LogP contribution in [0.2, 0.25) is 5.02 Å². The number of piperidine rings is 1. The lowest BCUT2D eigenvalue weighted by molar-refractivity contribution is -0.115. The number of amides is 1. The van der Waals surface area contributed by atoms with Crippen LogP contribution in [-0.2, 0) is 4.79 Å². The molecular formula is C15H22ClN3O. The fourth-order valence-electron chi connectivity index (χ4n) is 2.39. The van der Waals surface area contributed by atoms with E-state index in [2.05, 4.69) is 22.6 Å². The van der Waals surface area contributed by atoms with Crippen molar-refractivity contribution in [1.29, 1.82) is 0 Å². The van der Waals surface area contributed by atoms with Crippen molar-refractivity contribution >= 4 is 23.2 Å². The average Bonchev–Trinajstić information content (AvgIpc) is 2.44. The van der Waals surface area contributed by atoms with Gasteiger partial charge in [0.15, 0.2) is 0 Å². The highest BCUT2D eigenvalue weighted by atomic mass is 35.5. The summed E-state index contributed by atoms with van der Waals surface area (Å²) in [4.78, 5) is 14.1. The Kier molecular flexibility index (Phi) is 5.83. The SMILES string of the molecule is CN1CCC(CNCC(=O)Nc2ccc(Cl)cc2)CC1. The van der Waals surface area contributed by atoms with Gasteiger partial charge in [0, 0.05) is 10.7 Å². The Morgan fingerprint density at radius 3 is 2.60 bits per heavy atom. The molecule has 0 unspecified atom stereocenters. The highest BCUT2D eigenvalue weighted by Crippen LogP contribution is 2.15. The average molecular weight is 296 g/mol. The number of anilines is 1. The second-order valence-electron chi connectivity index (χ2n) is 5.43. The van der Waals surface area contributed by atoms with E-state index in [0.29, 0.717) is 17.5 Å². The van der Waals surface area contributed by atoms with Crippen LogP contribution in [0.15, 0.2) is 24.3 Å². The van der Waals surface area contributed by atoms with E-state index in [1.54, 1.807) is 24.3 Å². The lowest BCUT2D eigenvalue weighted by atomic mass is 9.97. The summed E-state index contributed by atoms with van der Waals surface area (Å²) in [6, 6.07) is 7.14. The number of nitrogens with one attached hydrogen (secondary N) is 2. The van der Waals surface area contributed by atoms with Gasteiger partial charge in [-0.1, -0.05) is 11.6 Å². The second-order valence-corrected chi connectivity index (χ2v) is 5.87. The third-order valence-electron chi connectivity index (χ3n) is 3.68. The van der Waals surface area contributed by atoms with Crippen LogP contribution >= 0.6 is 11.6 Å². The number of hydrogen-bond acceptors (Lipinski definition) is 3. The molecule has 1 aliphatic rings. The smallest absolute Gasteiger partial charge is 0.238 e. The van der Waals surface area contributed by atoms with Gasteiger partial charge >= 0.3 is 0 Å². The molecule has 4 nitrogen and oxygen atoms in total. The van der Waals surface area contributed by atoms with Crippen molar-refractivity contribution in [2.45, 2.75) is 12.8 Å². The van der Waals surface area contributed by atoms with Gasteiger partial charge in [-0.3, -0.25) is 4.79 Å². The van der Waals surface area contributed by atoms with E-state index >= 15 is 0 Å². The van der Waals surface area contributed by atoms with E-state index in [1.807, 2.05) is 0 Å².